The van der Waals surface area contributed by atoms with E-state index in [9.17, 15) is 13.2 Å². The van der Waals surface area contributed by atoms with Crippen molar-refractivity contribution in [1.82, 2.24) is 0 Å². The molecule has 1 fully saturated rings. The molecular formula is C12H15BrO3S2. The SMILES string of the molecule is O=C(CS(=O)(=O)C1CCCCC1)c1sccc1Br. The van der Waals surface area contributed by atoms with Crippen molar-refractivity contribution in [3.63, 3.8) is 0 Å². The highest BCUT2D eigenvalue weighted by Gasteiger charge is 2.30. The second-order valence-electron chi connectivity index (χ2n) is 4.59. The van der Waals surface area contributed by atoms with Gasteiger partial charge in [-0.15, -0.1) is 11.3 Å². The molecule has 2 rings (SSSR count). The Hall–Kier alpha value is -0.200. The second-order valence-corrected chi connectivity index (χ2v) is 8.64. The lowest BCUT2D eigenvalue weighted by Gasteiger charge is -2.21. The molecule has 0 aliphatic heterocycles. The highest BCUT2D eigenvalue weighted by Crippen LogP contribution is 2.27. The predicted molar refractivity (Wildman–Crippen MR) is 77.0 cm³/mol. The molecule has 0 aromatic carbocycles. The highest BCUT2D eigenvalue weighted by molar-refractivity contribution is 9.10. The first-order chi connectivity index (χ1) is 8.50. The zero-order valence-corrected chi connectivity index (χ0v) is 13.1. The summed E-state index contributed by atoms with van der Waals surface area (Å²) in [7, 11) is -3.29. The van der Waals surface area contributed by atoms with Gasteiger partial charge >= 0.3 is 0 Å². The maximum absolute atomic E-state index is 12.2. The van der Waals surface area contributed by atoms with Gasteiger partial charge in [-0.3, -0.25) is 4.79 Å². The van der Waals surface area contributed by atoms with E-state index in [1.54, 1.807) is 11.4 Å². The average molecular weight is 351 g/mol. The fourth-order valence-electron chi connectivity index (χ4n) is 2.28. The third-order valence-electron chi connectivity index (χ3n) is 3.26. The van der Waals surface area contributed by atoms with Crippen molar-refractivity contribution in [3.8, 4) is 0 Å². The third-order valence-corrected chi connectivity index (χ3v) is 7.29. The summed E-state index contributed by atoms with van der Waals surface area (Å²) in [6, 6.07) is 1.77. The van der Waals surface area contributed by atoms with Crippen LogP contribution in [-0.2, 0) is 9.84 Å². The highest BCUT2D eigenvalue weighted by atomic mass is 79.9. The molecule has 1 aromatic rings. The molecule has 18 heavy (non-hydrogen) atoms. The fourth-order valence-corrected chi connectivity index (χ4v) is 5.70. The van der Waals surface area contributed by atoms with Crippen LogP contribution in [-0.4, -0.2) is 25.2 Å². The zero-order valence-electron chi connectivity index (χ0n) is 9.89. The maximum atomic E-state index is 12.2. The minimum atomic E-state index is -3.29. The van der Waals surface area contributed by atoms with Gasteiger partial charge in [-0.25, -0.2) is 8.42 Å². The van der Waals surface area contributed by atoms with Gasteiger partial charge in [-0.2, -0.15) is 0 Å². The van der Waals surface area contributed by atoms with E-state index < -0.39 is 9.84 Å². The van der Waals surface area contributed by atoms with E-state index >= 15 is 0 Å². The number of hydrogen-bond donors (Lipinski definition) is 0. The quantitative estimate of drug-likeness (QED) is 0.781. The Labute approximate surface area is 120 Å². The Morgan fingerprint density at radius 3 is 2.56 bits per heavy atom. The number of ketones is 1. The summed E-state index contributed by atoms with van der Waals surface area (Å²) in [5.41, 5.74) is 0. The van der Waals surface area contributed by atoms with E-state index in [-0.39, 0.29) is 16.8 Å². The van der Waals surface area contributed by atoms with Crippen LogP contribution < -0.4 is 0 Å². The van der Waals surface area contributed by atoms with Crippen molar-refractivity contribution in [2.75, 3.05) is 5.75 Å². The van der Waals surface area contributed by atoms with Gasteiger partial charge < -0.3 is 0 Å². The molecule has 3 nitrogen and oxygen atoms in total. The van der Waals surface area contributed by atoms with E-state index in [1.165, 1.54) is 11.3 Å². The third kappa shape index (κ3) is 3.22. The Balaban J connectivity index is 2.08. The Kier molecular flexibility index (Phi) is 4.61. The average Bonchev–Trinajstić information content (AvgIpc) is 2.76. The summed E-state index contributed by atoms with van der Waals surface area (Å²) in [6.45, 7) is 0. The lowest BCUT2D eigenvalue weighted by Crippen LogP contribution is -2.29. The van der Waals surface area contributed by atoms with Crippen LogP contribution >= 0.6 is 27.3 Å². The van der Waals surface area contributed by atoms with Crippen molar-refractivity contribution < 1.29 is 13.2 Å². The minimum absolute atomic E-state index is 0.289. The monoisotopic (exact) mass is 350 g/mol. The number of rotatable bonds is 4. The van der Waals surface area contributed by atoms with Gasteiger partial charge in [0.25, 0.3) is 0 Å². The minimum Gasteiger partial charge on any atom is -0.292 e. The molecule has 0 unspecified atom stereocenters. The first-order valence-corrected chi connectivity index (χ1v) is 9.37. The number of sulfone groups is 1. The lowest BCUT2D eigenvalue weighted by molar-refractivity contribution is 0.102. The molecule has 0 amide bonds. The van der Waals surface area contributed by atoms with Gasteiger partial charge in [0.05, 0.1) is 10.1 Å². The first-order valence-electron chi connectivity index (χ1n) is 5.98. The van der Waals surface area contributed by atoms with Gasteiger partial charge in [0.2, 0.25) is 0 Å². The van der Waals surface area contributed by atoms with E-state index in [0.29, 0.717) is 22.2 Å². The van der Waals surface area contributed by atoms with Crippen LogP contribution in [0.5, 0.6) is 0 Å². The van der Waals surface area contributed by atoms with Crippen LogP contribution in [0.4, 0.5) is 0 Å². The standard InChI is InChI=1S/C12H15BrO3S2/c13-10-6-7-17-12(10)11(14)8-18(15,16)9-4-2-1-3-5-9/h6-7,9H,1-5,8H2. The van der Waals surface area contributed by atoms with Gasteiger partial charge in [-0.05, 0) is 40.2 Å². The van der Waals surface area contributed by atoms with Gasteiger partial charge in [0.1, 0.15) is 5.75 Å². The largest absolute Gasteiger partial charge is 0.292 e. The summed E-state index contributed by atoms with van der Waals surface area (Å²) < 4.78 is 25.0. The summed E-state index contributed by atoms with van der Waals surface area (Å²) in [5.74, 6) is -0.640. The number of Topliss-reactive ketones (excluding diaryl/α,β-unsaturated/α-hetero) is 1. The molecule has 1 aromatic heterocycles. The molecule has 0 atom stereocenters. The molecule has 0 spiro atoms. The van der Waals surface area contributed by atoms with Gasteiger partial charge in [-0.1, -0.05) is 19.3 Å². The van der Waals surface area contributed by atoms with Gasteiger partial charge in [0.15, 0.2) is 15.6 Å². The molecule has 6 heteroatoms. The number of carbonyl (C=O) groups excluding carboxylic acids is 1. The topological polar surface area (TPSA) is 51.2 Å². The van der Waals surface area contributed by atoms with Crippen molar-refractivity contribution in [3.05, 3.63) is 20.8 Å². The Morgan fingerprint density at radius 1 is 1.33 bits per heavy atom. The van der Waals surface area contributed by atoms with Crippen LogP contribution in [0.3, 0.4) is 0 Å². The predicted octanol–water partition coefficient (Wildman–Crippen LogP) is 3.44. The van der Waals surface area contributed by atoms with Gasteiger partial charge in [0, 0.05) is 4.47 Å². The second kappa shape index (κ2) is 5.84. The molecule has 1 aliphatic carbocycles. The summed E-state index contributed by atoms with van der Waals surface area (Å²) >= 11 is 4.55. The zero-order chi connectivity index (χ0) is 13.2. The molecule has 100 valence electrons. The van der Waals surface area contributed by atoms with E-state index in [0.717, 1.165) is 19.3 Å². The number of carbonyl (C=O) groups is 1. The van der Waals surface area contributed by atoms with E-state index in [2.05, 4.69) is 15.9 Å². The van der Waals surface area contributed by atoms with Crippen molar-refractivity contribution in [2.45, 2.75) is 37.4 Å². The first kappa shape index (κ1) is 14.2. The lowest BCUT2D eigenvalue weighted by atomic mass is 10.0. The number of halogens is 1. The van der Waals surface area contributed by atoms with Crippen LogP contribution in [0.2, 0.25) is 0 Å². The van der Waals surface area contributed by atoms with Crippen LogP contribution in [0.15, 0.2) is 15.9 Å². The normalized spacial score (nSPS) is 17.8. The molecule has 1 saturated carbocycles. The maximum Gasteiger partial charge on any atom is 0.188 e. The number of thiophene rings is 1. The van der Waals surface area contributed by atoms with Crippen LogP contribution in [0.25, 0.3) is 0 Å². The molecule has 0 N–H and O–H groups in total. The Bertz CT molecular complexity index is 527. The van der Waals surface area contributed by atoms with Crippen molar-refractivity contribution in [1.29, 1.82) is 0 Å². The Morgan fingerprint density at radius 2 is 2.00 bits per heavy atom. The summed E-state index contributed by atoms with van der Waals surface area (Å²) in [6.07, 6.45) is 4.44. The van der Waals surface area contributed by atoms with Crippen LogP contribution in [0, 0.1) is 0 Å². The van der Waals surface area contributed by atoms with E-state index in [4.69, 9.17) is 0 Å². The van der Waals surface area contributed by atoms with Crippen molar-refractivity contribution >= 4 is 42.9 Å². The summed E-state index contributed by atoms with van der Waals surface area (Å²) in [5, 5.41) is 1.47. The molecule has 1 aliphatic rings. The number of hydrogen-bond acceptors (Lipinski definition) is 4. The van der Waals surface area contributed by atoms with Crippen LogP contribution in [0.1, 0.15) is 41.8 Å². The fraction of sp³-hybridized carbons (Fsp3) is 0.583. The molecule has 0 bridgehead atoms. The van der Waals surface area contributed by atoms with E-state index in [1.807, 2.05) is 0 Å². The molecule has 0 saturated heterocycles. The smallest absolute Gasteiger partial charge is 0.188 e. The van der Waals surface area contributed by atoms with Crippen molar-refractivity contribution in [2.24, 2.45) is 0 Å². The molecule has 0 radical (unpaired) electrons. The molecular weight excluding hydrogens is 336 g/mol. The molecule has 1 heterocycles. The summed E-state index contributed by atoms with van der Waals surface area (Å²) in [4.78, 5) is 12.5.